The van der Waals surface area contributed by atoms with E-state index in [1.165, 1.54) is 0 Å². The lowest BCUT2D eigenvalue weighted by Crippen LogP contribution is -2.18. The molecule has 0 spiro atoms. The molecule has 1 saturated heterocycles. The van der Waals surface area contributed by atoms with E-state index in [9.17, 15) is 13.2 Å². The van der Waals surface area contributed by atoms with E-state index in [0.29, 0.717) is 6.42 Å². The number of epoxide rings is 1. The Morgan fingerprint density at radius 2 is 2.00 bits per heavy atom. The van der Waals surface area contributed by atoms with Crippen molar-refractivity contribution in [1.82, 2.24) is 0 Å². The third kappa shape index (κ3) is 2.36. The summed E-state index contributed by atoms with van der Waals surface area (Å²) in [7, 11) is 0. The largest absolute Gasteiger partial charge is 0.417 e. The second kappa shape index (κ2) is 3.01. The fourth-order valence-corrected chi connectivity index (χ4v) is 1.06. The molecule has 0 amide bonds. The quantitative estimate of drug-likeness (QED) is 0.590. The number of alkyl halides is 3. The van der Waals surface area contributed by atoms with Gasteiger partial charge in [-0.1, -0.05) is 19.8 Å². The van der Waals surface area contributed by atoms with Gasteiger partial charge < -0.3 is 4.74 Å². The van der Waals surface area contributed by atoms with Crippen LogP contribution in [0.4, 0.5) is 13.2 Å². The molecule has 1 nitrogen and oxygen atoms in total. The second-order valence-electron chi connectivity index (χ2n) is 2.78. The Balaban J connectivity index is 2.16. The third-order valence-electron chi connectivity index (χ3n) is 1.75. The Bertz CT molecular complexity index is 132. The Labute approximate surface area is 63.5 Å². The van der Waals surface area contributed by atoms with Gasteiger partial charge in [0.2, 0.25) is 0 Å². The average molecular weight is 168 g/mol. The highest BCUT2D eigenvalue weighted by atomic mass is 19.4. The molecular formula is C7H11F3O. The van der Waals surface area contributed by atoms with Gasteiger partial charge in [0.1, 0.15) is 0 Å². The molecule has 4 heteroatoms. The molecule has 2 atom stereocenters. The van der Waals surface area contributed by atoms with E-state index in [2.05, 4.69) is 4.74 Å². The van der Waals surface area contributed by atoms with E-state index in [0.717, 1.165) is 12.8 Å². The van der Waals surface area contributed by atoms with E-state index in [1.54, 1.807) is 0 Å². The van der Waals surface area contributed by atoms with E-state index < -0.39 is 18.4 Å². The van der Waals surface area contributed by atoms with Gasteiger partial charge in [0.25, 0.3) is 0 Å². The molecule has 11 heavy (non-hydrogen) atoms. The summed E-state index contributed by atoms with van der Waals surface area (Å²) in [5.41, 5.74) is 0. The summed E-state index contributed by atoms with van der Waals surface area (Å²) in [6.45, 7) is 1.95. The van der Waals surface area contributed by atoms with Crippen molar-refractivity contribution in [3.63, 3.8) is 0 Å². The SMILES string of the molecule is CCCC[C@@H]1O[C@H]1C(F)(F)F. The van der Waals surface area contributed by atoms with E-state index in [1.807, 2.05) is 6.92 Å². The summed E-state index contributed by atoms with van der Waals surface area (Å²) >= 11 is 0. The maximum Gasteiger partial charge on any atom is 0.417 e. The Kier molecular flexibility index (Phi) is 2.42. The third-order valence-corrected chi connectivity index (χ3v) is 1.75. The van der Waals surface area contributed by atoms with Crippen molar-refractivity contribution in [1.29, 1.82) is 0 Å². The fourth-order valence-electron chi connectivity index (χ4n) is 1.06. The molecular weight excluding hydrogens is 157 g/mol. The minimum absolute atomic E-state index is 0.542. The van der Waals surface area contributed by atoms with Crippen LogP contribution in [-0.2, 0) is 4.74 Å². The predicted molar refractivity (Wildman–Crippen MR) is 34.2 cm³/mol. The van der Waals surface area contributed by atoms with Crippen molar-refractivity contribution in [2.45, 2.75) is 44.6 Å². The van der Waals surface area contributed by atoms with Crippen LogP contribution >= 0.6 is 0 Å². The molecule has 0 unspecified atom stereocenters. The molecule has 0 aromatic heterocycles. The highest BCUT2D eigenvalue weighted by Gasteiger charge is 2.57. The molecule has 0 saturated carbocycles. The molecule has 0 bridgehead atoms. The fraction of sp³-hybridized carbons (Fsp3) is 1.00. The highest BCUT2D eigenvalue weighted by Crippen LogP contribution is 2.39. The minimum Gasteiger partial charge on any atom is -0.360 e. The summed E-state index contributed by atoms with van der Waals surface area (Å²) in [4.78, 5) is 0. The minimum atomic E-state index is -4.14. The van der Waals surface area contributed by atoms with Crippen molar-refractivity contribution in [2.24, 2.45) is 0 Å². The summed E-state index contributed by atoms with van der Waals surface area (Å²) in [6, 6.07) is 0. The number of hydrogen-bond acceptors (Lipinski definition) is 1. The summed E-state index contributed by atoms with van der Waals surface area (Å²) < 4.78 is 39.8. The Morgan fingerprint density at radius 1 is 1.36 bits per heavy atom. The van der Waals surface area contributed by atoms with Crippen LogP contribution in [0.5, 0.6) is 0 Å². The molecule has 1 fully saturated rings. The molecule has 0 aromatic carbocycles. The molecule has 1 rings (SSSR count). The summed E-state index contributed by atoms with van der Waals surface area (Å²) in [5.74, 6) is 0. The average Bonchev–Trinajstić information content (AvgIpc) is 2.60. The predicted octanol–water partition coefficient (Wildman–Crippen LogP) is 2.51. The van der Waals surface area contributed by atoms with Gasteiger partial charge in [-0.3, -0.25) is 0 Å². The zero-order valence-electron chi connectivity index (χ0n) is 6.32. The van der Waals surface area contributed by atoms with Crippen LogP contribution in [0.1, 0.15) is 26.2 Å². The van der Waals surface area contributed by atoms with Crippen LogP contribution < -0.4 is 0 Å². The number of rotatable bonds is 3. The number of ether oxygens (including phenoxy) is 1. The monoisotopic (exact) mass is 168 g/mol. The van der Waals surface area contributed by atoms with Crippen LogP contribution in [0.3, 0.4) is 0 Å². The first-order chi connectivity index (χ1) is 5.05. The zero-order valence-corrected chi connectivity index (χ0v) is 6.32. The van der Waals surface area contributed by atoms with Gasteiger partial charge in [-0.2, -0.15) is 13.2 Å². The van der Waals surface area contributed by atoms with Gasteiger partial charge in [-0.15, -0.1) is 0 Å². The maximum atomic E-state index is 11.8. The summed E-state index contributed by atoms with van der Waals surface area (Å²) in [5, 5.41) is 0. The van der Waals surface area contributed by atoms with Crippen molar-refractivity contribution < 1.29 is 17.9 Å². The van der Waals surface area contributed by atoms with E-state index in [-0.39, 0.29) is 0 Å². The molecule has 0 aliphatic carbocycles. The van der Waals surface area contributed by atoms with Crippen LogP contribution in [0.2, 0.25) is 0 Å². The lowest BCUT2D eigenvalue weighted by atomic mass is 10.1. The molecule has 0 radical (unpaired) electrons. The molecule has 0 N–H and O–H groups in total. The van der Waals surface area contributed by atoms with Crippen LogP contribution in [0, 0.1) is 0 Å². The van der Waals surface area contributed by atoms with Crippen LogP contribution in [0.15, 0.2) is 0 Å². The van der Waals surface area contributed by atoms with Crippen LogP contribution in [0.25, 0.3) is 0 Å². The molecule has 1 aliphatic rings. The summed E-state index contributed by atoms with van der Waals surface area (Å²) in [6.07, 6.45) is -3.87. The first kappa shape index (κ1) is 8.84. The zero-order chi connectivity index (χ0) is 8.48. The van der Waals surface area contributed by atoms with E-state index >= 15 is 0 Å². The standard InChI is InChI=1S/C7H11F3O/c1-2-3-4-5-6(11-5)7(8,9)10/h5-6H,2-4H2,1H3/t5-,6+/m0/s1. The van der Waals surface area contributed by atoms with Gasteiger partial charge in [-0.25, -0.2) is 0 Å². The first-order valence-corrected chi connectivity index (χ1v) is 3.78. The van der Waals surface area contributed by atoms with Crippen molar-refractivity contribution >= 4 is 0 Å². The molecule has 1 heterocycles. The lowest BCUT2D eigenvalue weighted by Gasteiger charge is -1.99. The smallest absolute Gasteiger partial charge is 0.360 e. The van der Waals surface area contributed by atoms with Gasteiger partial charge in [0.15, 0.2) is 6.10 Å². The number of hydrogen-bond donors (Lipinski definition) is 0. The van der Waals surface area contributed by atoms with Crippen LogP contribution in [-0.4, -0.2) is 18.4 Å². The lowest BCUT2D eigenvalue weighted by molar-refractivity contribution is -0.146. The first-order valence-electron chi connectivity index (χ1n) is 3.78. The van der Waals surface area contributed by atoms with Gasteiger partial charge in [0.05, 0.1) is 6.10 Å². The second-order valence-corrected chi connectivity index (χ2v) is 2.78. The molecule has 66 valence electrons. The Morgan fingerprint density at radius 3 is 2.36 bits per heavy atom. The van der Waals surface area contributed by atoms with Crippen molar-refractivity contribution in [2.75, 3.05) is 0 Å². The maximum absolute atomic E-state index is 11.8. The molecule has 1 aliphatic heterocycles. The van der Waals surface area contributed by atoms with Gasteiger partial charge in [-0.05, 0) is 6.42 Å². The highest BCUT2D eigenvalue weighted by molar-refractivity contribution is 4.90. The van der Waals surface area contributed by atoms with Crippen molar-refractivity contribution in [3.8, 4) is 0 Å². The number of unbranched alkanes of at least 4 members (excludes halogenated alkanes) is 1. The number of halogens is 3. The molecule has 0 aromatic rings. The normalized spacial score (nSPS) is 30.5. The Hall–Kier alpha value is -0.250. The van der Waals surface area contributed by atoms with Gasteiger partial charge >= 0.3 is 6.18 Å². The van der Waals surface area contributed by atoms with E-state index in [4.69, 9.17) is 0 Å². The topological polar surface area (TPSA) is 12.5 Å². The van der Waals surface area contributed by atoms with Gasteiger partial charge in [0, 0.05) is 0 Å². The van der Waals surface area contributed by atoms with Crippen molar-refractivity contribution in [3.05, 3.63) is 0 Å².